The fraction of sp³-hybridized carbons (Fsp3) is 0.222. The van der Waals surface area contributed by atoms with Crippen molar-refractivity contribution in [3.8, 4) is 0 Å². The third-order valence-electron chi connectivity index (χ3n) is 1.63. The molecule has 0 unspecified atom stereocenters. The summed E-state index contributed by atoms with van der Waals surface area (Å²) in [5.41, 5.74) is 2.08. The van der Waals surface area contributed by atoms with Crippen molar-refractivity contribution in [3.63, 3.8) is 0 Å². The van der Waals surface area contributed by atoms with E-state index in [4.69, 9.17) is 11.6 Å². The van der Waals surface area contributed by atoms with Crippen LogP contribution < -0.4 is 5.32 Å². The molecule has 12 heavy (non-hydrogen) atoms. The SMILES string of the molecule is C[NH2+]c1cccc(CC(=O)Cl)c1. The molecule has 1 aromatic carbocycles. The summed E-state index contributed by atoms with van der Waals surface area (Å²) in [5, 5.41) is 1.67. The maximum Gasteiger partial charge on any atom is 0.226 e. The van der Waals surface area contributed by atoms with Crippen molar-refractivity contribution in [1.29, 1.82) is 0 Å². The molecule has 0 spiro atoms. The second-order valence-electron chi connectivity index (χ2n) is 2.57. The van der Waals surface area contributed by atoms with Crippen LogP contribution in [0.3, 0.4) is 0 Å². The van der Waals surface area contributed by atoms with Crippen LogP contribution in [0.15, 0.2) is 24.3 Å². The molecule has 0 heterocycles. The molecule has 0 aliphatic heterocycles. The van der Waals surface area contributed by atoms with Gasteiger partial charge in [0.25, 0.3) is 0 Å². The number of carbonyl (C=O) groups excluding carboxylic acids is 1. The Morgan fingerprint density at radius 2 is 2.33 bits per heavy atom. The van der Waals surface area contributed by atoms with Crippen molar-refractivity contribution in [2.75, 3.05) is 7.05 Å². The van der Waals surface area contributed by atoms with Crippen LogP contribution in [0.5, 0.6) is 0 Å². The van der Waals surface area contributed by atoms with Crippen LogP contribution in [0, 0.1) is 0 Å². The first-order valence-corrected chi connectivity index (χ1v) is 4.17. The average molecular weight is 185 g/mol. The zero-order valence-corrected chi connectivity index (χ0v) is 7.64. The van der Waals surface area contributed by atoms with Crippen molar-refractivity contribution in [2.24, 2.45) is 0 Å². The van der Waals surface area contributed by atoms with E-state index in [1.165, 1.54) is 0 Å². The highest BCUT2D eigenvalue weighted by Crippen LogP contribution is 2.07. The lowest BCUT2D eigenvalue weighted by Crippen LogP contribution is -2.72. The summed E-state index contributed by atoms with van der Waals surface area (Å²) >= 11 is 5.26. The number of carbonyl (C=O) groups is 1. The zero-order chi connectivity index (χ0) is 8.97. The molecule has 0 saturated carbocycles. The first-order chi connectivity index (χ1) is 5.72. The number of hydrogen-bond acceptors (Lipinski definition) is 1. The molecule has 64 valence electrons. The molecule has 0 bridgehead atoms. The van der Waals surface area contributed by atoms with Crippen LogP contribution in [0.1, 0.15) is 5.56 Å². The van der Waals surface area contributed by atoms with Gasteiger partial charge in [-0.25, -0.2) is 0 Å². The van der Waals surface area contributed by atoms with Gasteiger partial charge in [0.15, 0.2) is 0 Å². The Morgan fingerprint density at radius 3 is 2.92 bits per heavy atom. The van der Waals surface area contributed by atoms with Gasteiger partial charge in [-0.15, -0.1) is 0 Å². The van der Waals surface area contributed by atoms with Crippen molar-refractivity contribution < 1.29 is 10.1 Å². The standard InChI is InChI=1S/C9H10ClNO/c1-11-8-4-2-3-7(5-8)6-9(10)12/h2-5,11H,6H2,1H3/p+1. The van der Waals surface area contributed by atoms with E-state index in [0.29, 0.717) is 6.42 Å². The fourth-order valence-corrected chi connectivity index (χ4v) is 1.20. The highest BCUT2D eigenvalue weighted by atomic mass is 35.5. The Labute approximate surface area is 76.5 Å². The molecule has 0 aromatic heterocycles. The molecule has 0 amide bonds. The topological polar surface area (TPSA) is 33.7 Å². The van der Waals surface area contributed by atoms with Gasteiger partial charge >= 0.3 is 0 Å². The van der Waals surface area contributed by atoms with Crippen LogP contribution >= 0.6 is 11.6 Å². The van der Waals surface area contributed by atoms with Crippen molar-refractivity contribution >= 4 is 22.5 Å². The molecule has 3 heteroatoms. The van der Waals surface area contributed by atoms with E-state index >= 15 is 0 Å². The molecular weight excluding hydrogens is 174 g/mol. The molecule has 1 aromatic rings. The van der Waals surface area contributed by atoms with Crippen LogP contribution in [-0.4, -0.2) is 12.3 Å². The predicted octanol–water partition coefficient (Wildman–Crippen LogP) is 0.819. The smallest absolute Gasteiger partial charge is 0.226 e. The Balaban J connectivity index is 2.79. The van der Waals surface area contributed by atoms with Crippen LogP contribution in [0.25, 0.3) is 0 Å². The first kappa shape index (κ1) is 9.23. The molecular formula is C9H11ClNO+. The number of rotatable bonds is 3. The van der Waals surface area contributed by atoms with Gasteiger partial charge in [-0.2, -0.15) is 0 Å². The van der Waals surface area contributed by atoms with Crippen molar-refractivity contribution in [2.45, 2.75) is 6.42 Å². The van der Waals surface area contributed by atoms with E-state index in [9.17, 15) is 4.79 Å². The normalized spacial score (nSPS) is 9.83. The summed E-state index contributed by atoms with van der Waals surface area (Å²) in [7, 11) is 1.96. The number of quaternary nitrogens is 1. The monoisotopic (exact) mass is 184 g/mol. The quantitative estimate of drug-likeness (QED) is 0.548. The van der Waals surface area contributed by atoms with E-state index in [1.54, 1.807) is 0 Å². The van der Waals surface area contributed by atoms with E-state index in [-0.39, 0.29) is 5.24 Å². The Morgan fingerprint density at radius 1 is 1.58 bits per heavy atom. The van der Waals surface area contributed by atoms with Crippen LogP contribution in [-0.2, 0) is 11.2 Å². The summed E-state index contributed by atoms with van der Waals surface area (Å²) in [5.74, 6) is 0. The first-order valence-electron chi connectivity index (χ1n) is 3.79. The average Bonchev–Trinajstić information content (AvgIpc) is 2.03. The minimum absolute atomic E-state index is 0.309. The van der Waals surface area contributed by atoms with Gasteiger partial charge in [-0.1, -0.05) is 12.1 Å². The number of nitrogens with two attached hydrogens (primary N) is 1. The van der Waals surface area contributed by atoms with E-state index in [2.05, 4.69) is 0 Å². The van der Waals surface area contributed by atoms with Crippen LogP contribution in [0.4, 0.5) is 5.69 Å². The molecule has 0 saturated heterocycles. The minimum Gasteiger partial charge on any atom is -0.316 e. The Kier molecular flexibility index (Phi) is 3.26. The number of halogens is 1. The third-order valence-corrected chi connectivity index (χ3v) is 1.76. The molecule has 0 aliphatic rings. The maximum atomic E-state index is 10.6. The number of benzene rings is 1. The van der Waals surface area contributed by atoms with E-state index in [1.807, 2.05) is 36.6 Å². The van der Waals surface area contributed by atoms with Crippen molar-refractivity contribution in [1.82, 2.24) is 0 Å². The highest BCUT2D eigenvalue weighted by Gasteiger charge is 2.00. The van der Waals surface area contributed by atoms with Gasteiger partial charge in [0.2, 0.25) is 5.24 Å². The van der Waals surface area contributed by atoms with Gasteiger partial charge in [-0.3, -0.25) is 4.79 Å². The predicted molar refractivity (Wildman–Crippen MR) is 48.5 cm³/mol. The van der Waals surface area contributed by atoms with Gasteiger partial charge in [-0.05, 0) is 23.2 Å². The van der Waals surface area contributed by atoms with Gasteiger partial charge in [0, 0.05) is 12.5 Å². The second-order valence-corrected chi connectivity index (χ2v) is 2.99. The maximum absolute atomic E-state index is 10.6. The lowest BCUT2D eigenvalue weighted by atomic mass is 10.1. The lowest BCUT2D eigenvalue weighted by Gasteiger charge is -1.97. The van der Waals surface area contributed by atoms with Gasteiger partial charge < -0.3 is 5.32 Å². The Bertz CT molecular complexity index is 286. The summed E-state index contributed by atoms with van der Waals surface area (Å²) in [6, 6.07) is 7.76. The molecule has 2 N–H and O–H groups in total. The number of hydrogen-bond donors (Lipinski definition) is 1. The summed E-state index contributed by atoms with van der Waals surface area (Å²) in [6.07, 6.45) is 0.309. The molecule has 0 fully saturated rings. The third kappa shape index (κ3) is 2.64. The minimum atomic E-state index is -0.316. The molecule has 0 aliphatic carbocycles. The molecule has 0 atom stereocenters. The zero-order valence-electron chi connectivity index (χ0n) is 6.88. The fourth-order valence-electron chi connectivity index (χ4n) is 1.04. The Hall–Kier alpha value is -0.860. The van der Waals surface area contributed by atoms with E-state index < -0.39 is 0 Å². The summed E-state index contributed by atoms with van der Waals surface area (Å²) in [4.78, 5) is 10.6. The van der Waals surface area contributed by atoms with Gasteiger partial charge in [0.1, 0.15) is 5.69 Å². The molecule has 1 rings (SSSR count). The second kappa shape index (κ2) is 4.24. The van der Waals surface area contributed by atoms with E-state index in [0.717, 1.165) is 11.3 Å². The summed E-state index contributed by atoms with van der Waals surface area (Å²) in [6.45, 7) is 0. The summed E-state index contributed by atoms with van der Waals surface area (Å²) < 4.78 is 0. The molecule has 2 nitrogen and oxygen atoms in total. The lowest BCUT2D eigenvalue weighted by molar-refractivity contribution is -0.539. The van der Waals surface area contributed by atoms with Crippen LogP contribution in [0.2, 0.25) is 0 Å². The van der Waals surface area contributed by atoms with Crippen molar-refractivity contribution in [3.05, 3.63) is 29.8 Å². The largest absolute Gasteiger partial charge is 0.316 e. The molecule has 0 radical (unpaired) electrons. The van der Waals surface area contributed by atoms with Gasteiger partial charge in [0.05, 0.1) is 7.05 Å². The highest BCUT2D eigenvalue weighted by molar-refractivity contribution is 6.63.